The molecular formula is C18H36O5. The van der Waals surface area contributed by atoms with Gasteiger partial charge >= 0.3 is 0 Å². The van der Waals surface area contributed by atoms with Crippen molar-refractivity contribution in [3.05, 3.63) is 0 Å². The standard InChI is InChI=1S/C18H36O5/c1-2-3-4-5-6-7-8-9-10-11-12-13-18(22)17(21)16(20)15(19)14-23-18/h15-17,19-22H,2-14H2,1H3/t15-,16+,17-,18-/m1/s1. The van der Waals surface area contributed by atoms with Gasteiger partial charge < -0.3 is 25.2 Å². The van der Waals surface area contributed by atoms with E-state index in [4.69, 9.17) is 4.74 Å². The van der Waals surface area contributed by atoms with Gasteiger partial charge in [-0.3, -0.25) is 0 Å². The molecule has 0 aromatic heterocycles. The normalized spacial score (nSPS) is 31.4. The van der Waals surface area contributed by atoms with Crippen LogP contribution in [0.3, 0.4) is 0 Å². The van der Waals surface area contributed by atoms with Crippen molar-refractivity contribution in [1.82, 2.24) is 0 Å². The van der Waals surface area contributed by atoms with Crippen molar-refractivity contribution in [2.75, 3.05) is 6.61 Å². The van der Waals surface area contributed by atoms with Crippen molar-refractivity contribution in [2.24, 2.45) is 0 Å². The Morgan fingerprint density at radius 3 is 1.83 bits per heavy atom. The van der Waals surface area contributed by atoms with Gasteiger partial charge in [0.25, 0.3) is 0 Å². The fraction of sp³-hybridized carbons (Fsp3) is 1.00. The predicted molar refractivity (Wildman–Crippen MR) is 90.0 cm³/mol. The number of hydrogen-bond donors (Lipinski definition) is 4. The van der Waals surface area contributed by atoms with Gasteiger partial charge in [-0.15, -0.1) is 0 Å². The summed E-state index contributed by atoms with van der Waals surface area (Å²) in [5.41, 5.74) is 0. The lowest BCUT2D eigenvalue weighted by Gasteiger charge is -2.41. The Bertz CT molecular complexity index is 299. The number of unbranched alkanes of at least 4 members (excludes halogenated alkanes) is 10. The molecule has 4 atom stereocenters. The number of aliphatic hydroxyl groups is 4. The van der Waals surface area contributed by atoms with Crippen LogP contribution in [0.15, 0.2) is 0 Å². The second-order valence-electron chi connectivity index (χ2n) is 6.94. The summed E-state index contributed by atoms with van der Waals surface area (Å²) >= 11 is 0. The zero-order valence-corrected chi connectivity index (χ0v) is 14.6. The molecule has 0 amide bonds. The molecule has 1 fully saturated rings. The van der Waals surface area contributed by atoms with Gasteiger partial charge in [-0.25, -0.2) is 0 Å². The zero-order valence-electron chi connectivity index (χ0n) is 14.6. The van der Waals surface area contributed by atoms with Crippen LogP contribution < -0.4 is 0 Å². The monoisotopic (exact) mass is 332 g/mol. The first-order valence-corrected chi connectivity index (χ1v) is 9.42. The highest BCUT2D eigenvalue weighted by Crippen LogP contribution is 2.29. The Morgan fingerprint density at radius 2 is 1.30 bits per heavy atom. The van der Waals surface area contributed by atoms with Crippen LogP contribution in [0, 0.1) is 0 Å². The summed E-state index contributed by atoms with van der Waals surface area (Å²) in [5.74, 6) is -1.72. The quantitative estimate of drug-likeness (QED) is 0.412. The Labute approximate surface area is 140 Å². The number of aliphatic hydroxyl groups excluding tert-OH is 3. The Kier molecular flexibility index (Phi) is 10.3. The first-order valence-electron chi connectivity index (χ1n) is 9.42. The molecule has 1 heterocycles. The van der Waals surface area contributed by atoms with E-state index in [-0.39, 0.29) is 13.0 Å². The van der Waals surface area contributed by atoms with E-state index in [2.05, 4.69) is 6.92 Å². The summed E-state index contributed by atoms with van der Waals surface area (Å²) in [4.78, 5) is 0. The van der Waals surface area contributed by atoms with E-state index in [1.54, 1.807) is 0 Å². The lowest BCUT2D eigenvalue weighted by atomic mass is 9.92. The van der Waals surface area contributed by atoms with Crippen molar-refractivity contribution >= 4 is 0 Å². The molecule has 0 aromatic carbocycles. The molecule has 5 nitrogen and oxygen atoms in total. The van der Waals surface area contributed by atoms with E-state index < -0.39 is 24.1 Å². The average molecular weight is 332 g/mol. The molecule has 0 saturated carbocycles. The highest BCUT2D eigenvalue weighted by atomic mass is 16.6. The van der Waals surface area contributed by atoms with Gasteiger partial charge in [0.1, 0.15) is 18.3 Å². The van der Waals surface area contributed by atoms with Crippen LogP contribution in [0.2, 0.25) is 0 Å². The van der Waals surface area contributed by atoms with Gasteiger partial charge in [0.05, 0.1) is 6.61 Å². The summed E-state index contributed by atoms with van der Waals surface area (Å²) in [6, 6.07) is 0. The fourth-order valence-corrected chi connectivity index (χ4v) is 3.15. The van der Waals surface area contributed by atoms with Crippen molar-refractivity contribution in [3.63, 3.8) is 0 Å². The van der Waals surface area contributed by atoms with Gasteiger partial charge in [0.2, 0.25) is 0 Å². The lowest BCUT2D eigenvalue weighted by molar-refractivity contribution is -0.323. The molecule has 1 rings (SSSR count). The molecular weight excluding hydrogens is 296 g/mol. The van der Waals surface area contributed by atoms with Gasteiger partial charge in [0, 0.05) is 6.42 Å². The average Bonchev–Trinajstić information content (AvgIpc) is 2.55. The molecule has 138 valence electrons. The summed E-state index contributed by atoms with van der Waals surface area (Å²) in [6.45, 7) is 2.09. The third-order valence-electron chi connectivity index (χ3n) is 4.82. The number of rotatable bonds is 12. The maximum absolute atomic E-state index is 10.2. The minimum atomic E-state index is -1.72. The Morgan fingerprint density at radius 1 is 0.826 bits per heavy atom. The second kappa shape index (κ2) is 11.4. The van der Waals surface area contributed by atoms with Crippen LogP contribution in [0.5, 0.6) is 0 Å². The van der Waals surface area contributed by atoms with E-state index >= 15 is 0 Å². The van der Waals surface area contributed by atoms with Crippen molar-refractivity contribution < 1.29 is 25.2 Å². The molecule has 0 aliphatic carbocycles. The maximum Gasteiger partial charge on any atom is 0.194 e. The molecule has 0 radical (unpaired) electrons. The van der Waals surface area contributed by atoms with Crippen molar-refractivity contribution in [2.45, 2.75) is 108 Å². The van der Waals surface area contributed by atoms with E-state index in [0.29, 0.717) is 0 Å². The second-order valence-corrected chi connectivity index (χ2v) is 6.94. The highest BCUT2D eigenvalue weighted by Gasteiger charge is 2.47. The van der Waals surface area contributed by atoms with Gasteiger partial charge in [-0.05, 0) is 6.42 Å². The van der Waals surface area contributed by atoms with Crippen LogP contribution in [-0.4, -0.2) is 51.1 Å². The largest absolute Gasteiger partial charge is 0.388 e. The third-order valence-corrected chi connectivity index (χ3v) is 4.82. The van der Waals surface area contributed by atoms with E-state index in [9.17, 15) is 20.4 Å². The molecule has 1 aliphatic heterocycles. The maximum atomic E-state index is 10.2. The van der Waals surface area contributed by atoms with Gasteiger partial charge in [-0.1, -0.05) is 71.1 Å². The first-order chi connectivity index (χ1) is 11.0. The fourth-order valence-electron chi connectivity index (χ4n) is 3.15. The number of hydrogen-bond acceptors (Lipinski definition) is 5. The molecule has 0 aromatic rings. The zero-order chi connectivity index (χ0) is 17.1. The molecule has 0 spiro atoms. The van der Waals surface area contributed by atoms with Crippen LogP contribution in [-0.2, 0) is 4.74 Å². The lowest BCUT2D eigenvalue weighted by Crippen LogP contribution is -2.60. The van der Waals surface area contributed by atoms with Crippen molar-refractivity contribution in [1.29, 1.82) is 0 Å². The minimum absolute atomic E-state index is 0.146. The molecule has 4 N–H and O–H groups in total. The Hall–Kier alpha value is -0.200. The molecule has 0 bridgehead atoms. The van der Waals surface area contributed by atoms with Gasteiger partial charge in [0.15, 0.2) is 5.79 Å². The van der Waals surface area contributed by atoms with E-state index in [1.165, 1.54) is 51.4 Å². The van der Waals surface area contributed by atoms with Crippen LogP contribution in [0.4, 0.5) is 0 Å². The molecule has 1 aliphatic rings. The third kappa shape index (κ3) is 7.48. The molecule has 5 heteroatoms. The Balaban J connectivity index is 2.00. The number of ether oxygens (including phenoxy) is 1. The molecule has 1 saturated heterocycles. The van der Waals surface area contributed by atoms with Crippen LogP contribution in [0.1, 0.15) is 84.0 Å². The van der Waals surface area contributed by atoms with Gasteiger partial charge in [-0.2, -0.15) is 0 Å². The summed E-state index contributed by atoms with van der Waals surface area (Å²) < 4.78 is 5.15. The summed E-state index contributed by atoms with van der Waals surface area (Å²) in [7, 11) is 0. The SMILES string of the molecule is CCCCCCCCCCCCC[C@@]1(O)OC[C@@H](O)[C@H](O)[C@H]1O. The molecule has 23 heavy (non-hydrogen) atoms. The van der Waals surface area contributed by atoms with Crippen molar-refractivity contribution in [3.8, 4) is 0 Å². The summed E-state index contributed by atoms with van der Waals surface area (Å²) in [5, 5.41) is 39.1. The minimum Gasteiger partial charge on any atom is -0.388 e. The van der Waals surface area contributed by atoms with Crippen LogP contribution in [0.25, 0.3) is 0 Å². The topological polar surface area (TPSA) is 90.2 Å². The smallest absolute Gasteiger partial charge is 0.194 e. The first kappa shape index (κ1) is 20.8. The predicted octanol–water partition coefficient (Wildman–Crippen LogP) is 2.49. The molecule has 0 unspecified atom stereocenters. The van der Waals surface area contributed by atoms with Crippen LogP contribution >= 0.6 is 0 Å². The summed E-state index contributed by atoms with van der Waals surface area (Å²) in [6.07, 6.45) is 9.65. The van der Waals surface area contributed by atoms with E-state index in [1.807, 2.05) is 0 Å². The highest BCUT2D eigenvalue weighted by molar-refractivity contribution is 4.91. The van der Waals surface area contributed by atoms with E-state index in [0.717, 1.165) is 19.3 Å².